The SMILES string of the molecule is N#Cc1c(CCl)c(N)cc2ccsc12. The first kappa shape index (κ1) is 9.32. The Hall–Kier alpha value is -1.24. The van der Waals surface area contributed by atoms with Crippen LogP contribution in [0.25, 0.3) is 10.1 Å². The quantitative estimate of drug-likeness (QED) is 0.596. The number of halogens is 1. The predicted molar refractivity (Wildman–Crippen MR) is 60.5 cm³/mol. The number of anilines is 1. The van der Waals surface area contributed by atoms with Crippen molar-refractivity contribution < 1.29 is 0 Å². The zero-order valence-corrected chi connectivity index (χ0v) is 8.82. The van der Waals surface area contributed by atoms with Crippen molar-refractivity contribution in [2.24, 2.45) is 0 Å². The molecule has 2 rings (SSSR count). The molecule has 4 heteroatoms. The molecule has 2 nitrogen and oxygen atoms in total. The summed E-state index contributed by atoms with van der Waals surface area (Å²) in [7, 11) is 0. The van der Waals surface area contributed by atoms with Gasteiger partial charge in [-0.2, -0.15) is 5.26 Å². The average Bonchev–Trinajstić information content (AvgIpc) is 2.62. The van der Waals surface area contributed by atoms with E-state index < -0.39 is 0 Å². The molecule has 2 N–H and O–H groups in total. The number of hydrogen-bond acceptors (Lipinski definition) is 3. The standard InChI is InChI=1S/C10H7ClN2S/c11-4-7-8(5-12)10-6(1-2-14-10)3-9(7)13/h1-3H,4,13H2. The van der Waals surface area contributed by atoms with Crippen molar-refractivity contribution in [3.63, 3.8) is 0 Å². The maximum absolute atomic E-state index is 9.03. The summed E-state index contributed by atoms with van der Waals surface area (Å²) in [6.07, 6.45) is 0. The number of nitrogen functional groups attached to an aromatic ring is 1. The van der Waals surface area contributed by atoms with Gasteiger partial charge in [0.25, 0.3) is 0 Å². The van der Waals surface area contributed by atoms with Gasteiger partial charge in [0.1, 0.15) is 6.07 Å². The number of rotatable bonds is 1. The van der Waals surface area contributed by atoms with Crippen LogP contribution in [0.15, 0.2) is 17.5 Å². The van der Waals surface area contributed by atoms with Gasteiger partial charge in [-0.1, -0.05) is 0 Å². The number of hydrogen-bond donors (Lipinski definition) is 1. The summed E-state index contributed by atoms with van der Waals surface area (Å²) < 4.78 is 0.970. The highest BCUT2D eigenvalue weighted by atomic mass is 35.5. The average molecular weight is 223 g/mol. The lowest BCUT2D eigenvalue weighted by atomic mass is 10.1. The molecular weight excluding hydrogens is 216 g/mol. The summed E-state index contributed by atoms with van der Waals surface area (Å²) in [6.45, 7) is 0. The number of alkyl halides is 1. The van der Waals surface area contributed by atoms with Crippen molar-refractivity contribution in [3.05, 3.63) is 28.6 Å². The first-order chi connectivity index (χ1) is 6.77. The van der Waals surface area contributed by atoms with Crippen LogP contribution in [-0.2, 0) is 5.88 Å². The minimum atomic E-state index is 0.280. The Kier molecular flexibility index (Phi) is 2.32. The molecule has 0 atom stereocenters. The highest BCUT2D eigenvalue weighted by Crippen LogP contribution is 2.31. The second-order valence-corrected chi connectivity index (χ2v) is 4.09. The number of nitriles is 1. The Balaban J connectivity index is 2.91. The molecule has 0 aliphatic heterocycles. The van der Waals surface area contributed by atoms with Crippen LogP contribution in [0, 0.1) is 11.3 Å². The maximum Gasteiger partial charge on any atom is 0.101 e. The Morgan fingerprint density at radius 3 is 3.00 bits per heavy atom. The monoisotopic (exact) mass is 222 g/mol. The lowest BCUT2D eigenvalue weighted by Gasteiger charge is -2.05. The molecule has 0 radical (unpaired) electrons. The lowest BCUT2D eigenvalue weighted by Crippen LogP contribution is -1.95. The van der Waals surface area contributed by atoms with E-state index in [-0.39, 0.29) is 5.88 Å². The van der Waals surface area contributed by atoms with Crippen molar-refractivity contribution in [1.82, 2.24) is 0 Å². The molecule has 0 spiro atoms. The van der Waals surface area contributed by atoms with Gasteiger partial charge in [0, 0.05) is 11.3 Å². The molecule has 0 fully saturated rings. The second kappa shape index (κ2) is 3.49. The summed E-state index contributed by atoms with van der Waals surface area (Å²) in [5.74, 6) is 0.280. The smallest absolute Gasteiger partial charge is 0.101 e. The molecule has 0 saturated carbocycles. The number of fused-ring (bicyclic) bond motifs is 1. The predicted octanol–water partition coefficient (Wildman–Crippen LogP) is 3.09. The van der Waals surface area contributed by atoms with E-state index in [1.165, 1.54) is 0 Å². The van der Waals surface area contributed by atoms with Crippen LogP contribution in [0.4, 0.5) is 5.69 Å². The van der Waals surface area contributed by atoms with Gasteiger partial charge < -0.3 is 5.73 Å². The summed E-state index contributed by atoms with van der Waals surface area (Å²) in [5, 5.41) is 12.0. The van der Waals surface area contributed by atoms with Crippen molar-refractivity contribution >= 4 is 38.7 Å². The first-order valence-electron chi connectivity index (χ1n) is 4.02. The fourth-order valence-corrected chi connectivity index (χ4v) is 2.62. The zero-order chi connectivity index (χ0) is 10.1. The molecule has 1 aromatic carbocycles. The minimum Gasteiger partial charge on any atom is -0.398 e. The number of nitrogens with two attached hydrogens (primary N) is 1. The van der Waals surface area contributed by atoms with E-state index in [1.54, 1.807) is 11.3 Å². The fraction of sp³-hybridized carbons (Fsp3) is 0.100. The first-order valence-corrected chi connectivity index (χ1v) is 5.44. The summed E-state index contributed by atoms with van der Waals surface area (Å²) in [4.78, 5) is 0. The third-order valence-electron chi connectivity index (χ3n) is 2.13. The molecule has 2 aromatic rings. The number of thiophene rings is 1. The molecule has 70 valence electrons. The highest BCUT2D eigenvalue weighted by Gasteiger charge is 2.11. The van der Waals surface area contributed by atoms with Crippen LogP contribution in [0.5, 0.6) is 0 Å². The second-order valence-electron chi connectivity index (χ2n) is 2.90. The van der Waals surface area contributed by atoms with E-state index >= 15 is 0 Å². The van der Waals surface area contributed by atoms with E-state index in [0.29, 0.717) is 11.3 Å². The molecule has 0 bridgehead atoms. The van der Waals surface area contributed by atoms with Crippen LogP contribution in [-0.4, -0.2) is 0 Å². The van der Waals surface area contributed by atoms with Crippen LogP contribution < -0.4 is 5.73 Å². The summed E-state index contributed by atoms with van der Waals surface area (Å²) >= 11 is 7.30. The highest BCUT2D eigenvalue weighted by molar-refractivity contribution is 7.17. The molecule has 14 heavy (non-hydrogen) atoms. The Morgan fingerprint density at radius 1 is 1.57 bits per heavy atom. The Morgan fingerprint density at radius 2 is 2.36 bits per heavy atom. The topological polar surface area (TPSA) is 49.8 Å². The van der Waals surface area contributed by atoms with Crippen LogP contribution in [0.3, 0.4) is 0 Å². The molecule has 0 amide bonds. The minimum absolute atomic E-state index is 0.280. The van der Waals surface area contributed by atoms with Gasteiger partial charge in [-0.15, -0.1) is 22.9 Å². The summed E-state index contributed by atoms with van der Waals surface area (Å²) in [6, 6.07) is 5.98. The van der Waals surface area contributed by atoms with E-state index in [9.17, 15) is 0 Å². The van der Waals surface area contributed by atoms with E-state index in [4.69, 9.17) is 22.6 Å². The maximum atomic E-state index is 9.03. The molecule has 0 saturated heterocycles. The molecule has 0 aliphatic carbocycles. The third kappa shape index (κ3) is 1.24. The van der Waals surface area contributed by atoms with Gasteiger partial charge in [0.2, 0.25) is 0 Å². The Labute approximate surface area is 90.5 Å². The zero-order valence-electron chi connectivity index (χ0n) is 7.25. The van der Waals surface area contributed by atoms with Crippen molar-refractivity contribution in [1.29, 1.82) is 5.26 Å². The Bertz CT molecular complexity index is 525. The molecule has 0 unspecified atom stereocenters. The van der Waals surface area contributed by atoms with Crippen molar-refractivity contribution in [2.45, 2.75) is 5.88 Å². The van der Waals surface area contributed by atoms with Gasteiger partial charge in [0.15, 0.2) is 0 Å². The largest absolute Gasteiger partial charge is 0.398 e. The number of nitrogens with zero attached hydrogens (tertiary/aromatic N) is 1. The van der Waals surface area contributed by atoms with Crippen LogP contribution in [0.2, 0.25) is 0 Å². The van der Waals surface area contributed by atoms with Gasteiger partial charge in [-0.05, 0) is 22.9 Å². The van der Waals surface area contributed by atoms with Crippen molar-refractivity contribution in [3.8, 4) is 6.07 Å². The molecule has 1 aromatic heterocycles. The molecule has 0 aliphatic rings. The third-order valence-corrected chi connectivity index (χ3v) is 3.34. The van der Waals surface area contributed by atoms with E-state index in [2.05, 4.69) is 6.07 Å². The van der Waals surface area contributed by atoms with E-state index in [0.717, 1.165) is 15.6 Å². The van der Waals surface area contributed by atoms with Crippen molar-refractivity contribution in [2.75, 3.05) is 5.73 Å². The van der Waals surface area contributed by atoms with Gasteiger partial charge in [0.05, 0.1) is 16.1 Å². The summed E-state index contributed by atoms with van der Waals surface area (Å²) in [5.41, 5.74) is 7.76. The normalized spacial score (nSPS) is 10.3. The van der Waals surface area contributed by atoms with Gasteiger partial charge >= 0.3 is 0 Å². The fourth-order valence-electron chi connectivity index (χ4n) is 1.43. The lowest BCUT2D eigenvalue weighted by molar-refractivity contribution is 1.38. The van der Waals surface area contributed by atoms with Gasteiger partial charge in [-0.25, -0.2) is 0 Å². The van der Waals surface area contributed by atoms with Gasteiger partial charge in [-0.3, -0.25) is 0 Å². The van der Waals surface area contributed by atoms with E-state index in [1.807, 2.05) is 17.5 Å². The van der Waals surface area contributed by atoms with Crippen LogP contribution in [0.1, 0.15) is 11.1 Å². The van der Waals surface area contributed by atoms with Crippen LogP contribution >= 0.6 is 22.9 Å². The molecular formula is C10H7ClN2S. The molecule has 1 heterocycles. The number of benzene rings is 1.